The zero-order valence-electron chi connectivity index (χ0n) is 22.9. The van der Waals surface area contributed by atoms with Gasteiger partial charge in [0, 0.05) is 11.1 Å². The maximum absolute atomic E-state index is 13.8. The Morgan fingerprint density at radius 1 is 0.528 bits per heavy atom. The lowest BCUT2D eigenvalue weighted by Crippen LogP contribution is -2.18. The molecule has 0 unspecified atom stereocenters. The summed E-state index contributed by atoms with van der Waals surface area (Å²) in [6, 6.07) is 10.1. The lowest BCUT2D eigenvalue weighted by Gasteiger charge is -2.25. The van der Waals surface area contributed by atoms with Gasteiger partial charge in [0.2, 0.25) is 0 Å². The summed E-state index contributed by atoms with van der Waals surface area (Å²) in [4.78, 5) is 0. The molecule has 0 N–H and O–H groups in total. The molecular weight excluding hydrogens is 502 g/mol. The van der Waals surface area contributed by atoms with Crippen molar-refractivity contribution >= 4 is 25.8 Å². The molecule has 0 heterocycles. The van der Waals surface area contributed by atoms with Crippen molar-refractivity contribution in [3.05, 3.63) is 36.4 Å². The van der Waals surface area contributed by atoms with Crippen LogP contribution in [0, 0.1) is 0 Å². The maximum Gasteiger partial charge on any atom is 0.361 e. The van der Waals surface area contributed by atoms with Crippen molar-refractivity contribution in [2.24, 2.45) is 0 Å². The van der Waals surface area contributed by atoms with E-state index < -0.39 is 15.2 Å². The minimum absolute atomic E-state index is 0.328. The van der Waals surface area contributed by atoms with Crippen LogP contribution in [0.3, 0.4) is 0 Å². The van der Waals surface area contributed by atoms with Crippen LogP contribution in [0.5, 0.6) is 11.5 Å². The molecule has 0 bridgehead atoms. The summed E-state index contributed by atoms with van der Waals surface area (Å²) >= 11 is 0. The summed E-state index contributed by atoms with van der Waals surface area (Å²) < 4.78 is 62.1. The van der Waals surface area contributed by atoms with Crippen LogP contribution in [-0.4, -0.2) is 38.6 Å². The lowest BCUT2D eigenvalue weighted by atomic mass is 10.0. The van der Waals surface area contributed by atoms with E-state index in [1.54, 1.807) is 91.8 Å². The molecule has 0 amide bonds. The number of hydrogen-bond donors (Lipinski definition) is 0. The fourth-order valence-electron chi connectivity index (χ4n) is 3.56. The van der Waals surface area contributed by atoms with Crippen LogP contribution in [0.15, 0.2) is 36.4 Å². The molecule has 2 aromatic rings. The van der Waals surface area contributed by atoms with Gasteiger partial charge in [0.05, 0.1) is 49.2 Å². The van der Waals surface area contributed by atoms with Crippen molar-refractivity contribution in [2.45, 2.75) is 79.8 Å². The van der Waals surface area contributed by atoms with Crippen molar-refractivity contribution < 1.29 is 36.7 Å². The monoisotopic (exact) mass is 542 g/mol. The third-order valence-electron chi connectivity index (χ3n) is 4.69. The highest BCUT2D eigenvalue weighted by molar-refractivity contribution is 7.62. The molecule has 10 heteroatoms. The van der Waals surface area contributed by atoms with Gasteiger partial charge in [-0.3, -0.25) is 9.13 Å². The predicted octanol–water partition coefficient (Wildman–Crippen LogP) is 6.71. The fourth-order valence-corrected chi connectivity index (χ4v) is 7.45. The van der Waals surface area contributed by atoms with Crippen molar-refractivity contribution in [1.82, 2.24) is 0 Å². The summed E-state index contributed by atoms with van der Waals surface area (Å²) in [5.41, 5.74) is 1.13. The smallest absolute Gasteiger partial charge is 0.361 e. The number of benzene rings is 2. The Hall–Kier alpha value is -1.66. The van der Waals surface area contributed by atoms with Gasteiger partial charge in [-0.05, 0) is 91.8 Å². The minimum Gasteiger partial charge on any atom is -0.496 e. The average molecular weight is 543 g/mol. The van der Waals surface area contributed by atoms with Gasteiger partial charge in [-0.2, -0.15) is 0 Å². The van der Waals surface area contributed by atoms with Crippen molar-refractivity contribution in [1.29, 1.82) is 0 Å². The third kappa shape index (κ3) is 7.67. The van der Waals surface area contributed by atoms with E-state index in [-0.39, 0.29) is 24.4 Å². The van der Waals surface area contributed by atoms with Crippen molar-refractivity contribution in [2.75, 3.05) is 14.2 Å². The Morgan fingerprint density at radius 3 is 1.03 bits per heavy atom. The van der Waals surface area contributed by atoms with Crippen LogP contribution >= 0.6 is 15.2 Å². The third-order valence-corrected chi connectivity index (χ3v) is 9.31. The van der Waals surface area contributed by atoms with Crippen LogP contribution in [0.4, 0.5) is 0 Å². The first-order chi connectivity index (χ1) is 16.7. The van der Waals surface area contributed by atoms with Gasteiger partial charge >= 0.3 is 15.2 Å². The van der Waals surface area contributed by atoms with E-state index in [1.807, 2.05) is 0 Å². The van der Waals surface area contributed by atoms with E-state index in [0.29, 0.717) is 33.2 Å². The Morgan fingerprint density at radius 2 is 0.806 bits per heavy atom. The van der Waals surface area contributed by atoms with E-state index in [2.05, 4.69) is 0 Å². The quantitative estimate of drug-likeness (QED) is 0.258. The highest BCUT2D eigenvalue weighted by Crippen LogP contribution is 2.53. The average Bonchev–Trinajstić information content (AvgIpc) is 2.75. The number of methoxy groups -OCH3 is 2. The molecule has 0 aromatic heterocycles. The molecule has 2 aromatic carbocycles. The van der Waals surface area contributed by atoms with Gasteiger partial charge in [-0.25, -0.2) is 0 Å². The second-order valence-corrected chi connectivity index (χ2v) is 13.2. The number of hydrogen-bond acceptors (Lipinski definition) is 8. The summed E-state index contributed by atoms with van der Waals surface area (Å²) in [5.74, 6) is 0.999. The largest absolute Gasteiger partial charge is 0.496 e. The molecule has 202 valence electrons. The van der Waals surface area contributed by atoms with Crippen molar-refractivity contribution in [3.8, 4) is 22.6 Å². The summed E-state index contributed by atoms with van der Waals surface area (Å²) in [6.45, 7) is 14.4. The molecular formula is C26H40O8P2. The first-order valence-corrected chi connectivity index (χ1v) is 15.1. The summed E-state index contributed by atoms with van der Waals surface area (Å²) in [7, 11) is -4.26. The second kappa shape index (κ2) is 12.7. The van der Waals surface area contributed by atoms with Crippen LogP contribution in [0.25, 0.3) is 11.1 Å². The molecule has 0 saturated carbocycles. The zero-order valence-corrected chi connectivity index (χ0v) is 24.7. The number of rotatable bonds is 13. The van der Waals surface area contributed by atoms with Gasteiger partial charge in [-0.1, -0.05) is 0 Å². The molecule has 0 saturated heterocycles. The molecule has 8 nitrogen and oxygen atoms in total. The van der Waals surface area contributed by atoms with Gasteiger partial charge in [-0.15, -0.1) is 0 Å². The van der Waals surface area contributed by atoms with Crippen LogP contribution < -0.4 is 20.1 Å². The Balaban J connectivity index is 2.79. The van der Waals surface area contributed by atoms with E-state index in [0.717, 1.165) is 0 Å². The molecule has 0 atom stereocenters. The highest BCUT2D eigenvalue weighted by Gasteiger charge is 2.34. The molecule has 2 rings (SSSR count). The van der Waals surface area contributed by atoms with Crippen LogP contribution in [0.2, 0.25) is 0 Å². The van der Waals surface area contributed by atoms with E-state index in [9.17, 15) is 9.13 Å². The van der Waals surface area contributed by atoms with Gasteiger partial charge < -0.3 is 27.6 Å². The van der Waals surface area contributed by atoms with Gasteiger partial charge in [0.15, 0.2) is 0 Å². The Bertz CT molecular complexity index is 996. The fraction of sp³-hybridized carbons (Fsp3) is 0.538. The molecule has 0 spiro atoms. The standard InChI is InChI=1S/C26H40O8P2/c1-17(2)31-35(27,32-18(3)4)21-11-13-25(29-9)23(15-21)24-16-22(12-14-26(24)30-10)36(28,33-19(5)6)34-20(7)8/h11-20H,1-10H3. The molecule has 0 aliphatic heterocycles. The van der Waals surface area contributed by atoms with E-state index in [4.69, 9.17) is 27.6 Å². The molecule has 0 radical (unpaired) electrons. The van der Waals surface area contributed by atoms with Gasteiger partial charge in [0.1, 0.15) is 11.5 Å². The Labute approximate surface area is 215 Å². The first-order valence-electron chi connectivity index (χ1n) is 12.1. The molecule has 0 aliphatic carbocycles. The van der Waals surface area contributed by atoms with Gasteiger partial charge in [0.25, 0.3) is 0 Å². The van der Waals surface area contributed by atoms with Crippen LogP contribution in [0.1, 0.15) is 55.4 Å². The molecule has 0 fully saturated rings. The highest BCUT2D eigenvalue weighted by atomic mass is 31.2. The predicted molar refractivity (Wildman–Crippen MR) is 144 cm³/mol. The second-order valence-electron chi connectivity index (χ2n) is 9.38. The SMILES string of the molecule is COc1ccc(P(=O)(OC(C)C)OC(C)C)cc1-c1cc(P(=O)(OC(C)C)OC(C)C)ccc1OC. The number of ether oxygens (including phenoxy) is 2. The summed E-state index contributed by atoms with van der Waals surface area (Å²) in [5, 5.41) is 0.737. The zero-order chi connectivity index (χ0) is 27.3. The van der Waals surface area contributed by atoms with Crippen LogP contribution in [-0.2, 0) is 27.2 Å². The molecule has 0 aliphatic rings. The normalized spacial score (nSPS) is 12.7. The molecule has 36 heavy (non-hydrogen) atoms. The van der Waals surface area contributed by atoms with Crippen molar-refractivity contribution in [3.63, 3.8) is 0 Å². The lowest BCUT2D eigenvalue weighted by molar-refractivity contribution is 0.149. The topological polar surface area (TPSA) is 89.5 Å². The first kappa shape index (κ1) is 30.6. The summed E-state index contributed by atoms with van der Waals surface area (Å²) in [6.07, 6.45) is -1.31. The maximum atomic E-state index is 13.8. The Kier molecular flexibility index (Phi) is 10.8. The minimum atomic E-state index is -3.67. The van der Waals surface area contributed by atoms with E-state index >= 15 is 0 Å². The van der Waals surface area contributed by atoms with E-state index in [1.165, 1.54) is 14.2 Å².